The van der Waals surface area contributed by atoms with Crippen molar-refractivity contribution in [3.63, 3.8) is 0 Å². The van der Waals surface area contributed by atoms with Crippen molar-refractivity contribution in [2.45, 2.75) is 6.54 Å². The summed E-state index contributed by atoms with van der Waals surface area (Å²) in [4.78, 5) is 14.8. The molecule has 0 amide bonds. The van der Waals surface area contributed by atoms with Gasteiger partial charge in [-0.1, -0.05) is 18.2 Å². The number of rotatable bonds is 3. The molecule has 0 saturated heterocycles. The van der Waals surface area contributed by atoms with Gasteiger partial charge in [0.25, 0.3) is 5.56 Å². The molecule has 1 aromatic heterocycles. The fourth-order valence-corrected chi connectivity index (χ4v) is 2.69. The van der Waals surface area contributed by atoms with Crippen LogP contribution < -0.4 is 11.3 Å². The van der Waals surface area contributed by atoms with E-state index in [-0.39, 0.29) is 5.56 Å². The van der Waals surface area contributed by atoms with E-state index in [1.807, 2.05) is 61.1 Å². The van der Waals surface area contributed by atoms with Crippen molar-refractivity contribution in [2.75, 3.05) is 26.4 Å². The van der Waals surface area contributed by atoms with Crippen LogP contribution >= 0.6 is 0 Å². The number of hydrogen-bond donors (Lipinski definition) is 1. The van der Waals surface area contributed by atoms with Crippen molar-refractivity contribution >= 4 is 27.4 Å². The predicted octanol–water partition coefficient (Wildman–Crippen LogP) is 2.30. The largest absolute Gasteiger partial charge is 0.399 e. The summed E-state index contributed by atoms with van der Waals surface area (Å²) in [5, 5.41) is 2.74. The van der Waals surface area contributed by atoms with Gasteiger partial charge in [-0.2, -0.15) is 0 Å². The third kappa shape index (κ3) is 2.38. The molecule has 0 aliphatic carbocycles. The summed E-state index contributed by atoms with van der Waals surface area (Å²) >= 11 is 0. The Morgan fingerprint density at radius 3 is 2.48 bits per heavy atom. The molecule has 0 aliphatic rings. The lowest BCUT2D eigenvalue weighted by atomic mass is 10.1. The molecule has 0 spiro atoms. The third-order valence-corrected chi connectivity index (χ3v) is 3.78. The van der Waals surface area contributed by atoms with Gasteiger partial charge in [0.05, 0.1) is 5.52 Å². The molecule has 1 heterocycles. The van der Waals surface area contributed by atoms with Gasteiger partial charge >= 0.3 is 0 Å². The van der Waals surface area contributed by atoms with Crippen LogP contribution in [0.15, 0.2) is 47.3 Å². The molecule has 0 saturated carbocycles. The highest BCUT2D eigenvalue weighted by atomic mass is 16.1. The van der Waals surface area contributed by atoms with Crippen LogP contribution in [0.3, 0.4) is 0 Å². The topological polar surface area (TPSA) is 51.3 Å². The van der Waals surface area contributed by atoms with Gasteiger partial charge in [-0.25, -0.2) is 0 Å². The first-order valence-electron chi connectivity index (χ1n) is 7.03. The molecule has 0 bridgehead atoms. The minimum Gasteiger partial charge on any atom is -0.399 e. The van der Waals surface area contributed by atoms with Crippen molar-refractivity contribution in [2.24, 2.45) is 0 Å². The Balaban J connectivity index is 2.38. The van der Waals surface area contributed by atoms with Gasteiger partial charge in [-0.3, -0.25) is 4.79 Å². The van der Waals surface area contributed by atoms with Crippen LogP contribution in [-0.4, -0.2) is 30.1 Å². The van der Waals surface area contributed by atoms with Crippen LogP contribution in [0.1, 0.15) is 0 Å². The number of likely N-dealkylation sites (N-methyl/N-ethyl adjacent to an activating group) is 1. The van der Waals surface area contributed by atoms with E-state index in [2.05, 4.69) is 4.90 Å². The standard InChI is InChI=1S/C17H19N3O/c1-19(2)9-10-20-16-8-7-12(18)11-15(16)13-5-3-4-6-14(13)17(20)21/h3-8,11H,9-10,18H2,1-2H3. The first kappa shape index (κ1) is 13.6. The maximum Gasteiger partial charge on any atom is 0.258 e. The van der Waals surface area contributed by atoms with E-state index in [9.17, 15) is 4.79 Å². The molecule has 2 aromatic carbocycles. The van der Waals surface area contributed by atoms with E-state index in [0.717, 1.165) is 28.2 Å². The van der Waals surface area contributed by atoms with Gasteiger partial charge in [-0.15, -0.1) is 0 Å². The monoisotopic (exact) mass is 281 g/mol. The van der Waals surface area contributed by atoms with Crippen LogP contribution in [0.4, 0.5) is 5.69 Å². The minimum atomic E-state index is 0.0599. The van der Waals surface area contributed by atoms with E-state index in [1.165, 1.54) is 0 Å². The summed E-state index contributed by atoms with van der Waals surface area (Å²) in [6.07, 6.45) is 0. The number of aromatic nitrogens is 1. The Bertz CT molecular complexity index is 865. The average molecular weight is 281 g/mol. The number of pyridine rings is 1. The zero-order valence-electron chi connectivity index (χ0n) is 12.3. The molecule has 0 unspecified atom stereocenters. The Morgan fingerprint density at radius 1 is 1.05 bits per heavy atom. The van der Waals surface area contributed by atoms with Crippen molar-refractivity contribution in [3.8, 4) is 0 Å². The maximum absolute atomic E-state index is 12.8. The quantitative estimate of drug-likeness (QED) is 0.592. The Kier molecular flexibility index (Phi) is 3.39. The van der Waals surface area contributed by atoms with Gasteiger partial charge < -0.3 is 15.2 Å². The predicted molar refractivity (Wildman–Crippen MR) is 88.7 cm³/mol. The molecule has 0 atom stereocenters. The second-order valence-electron chi connectivity index (χ2n) is 5.58. The summed E-state index contributed by atoms with van der Waals surface area (Å²) in [6, 6.07) is 13.5. The second-order valence-corrected chi connectivity index (χ2v) is 5.58. The molecule has 2 N–H and O–H groups in total. The Morgan fingerprint density at radius 2 is 1.76 bits per heavy atom. The molecule has 21 heavy (non-hydrogen) atoms. The number of benzene rings is 2. The smallest absolute Gasteiger partial charge is 0.258 e. The Labute approximate surface area is 123 Å². The first-order valence-corrected chi connectivity index (χ1v) is 7.03. The first-order chi connectivity index (χ1) is 10.1. The molecule has 0 aliphatic heterocycles. The molecule has 4 heteroatoms. The lowest BCUT2D eigenvalue weighted by Crippen LogP contribution is -2.27. The SMILES string of the molecule is CN(C)CCn1c(=O)c2ccccc2c2cc(N)ccc21. The Hall–Kier alpha value is -2.33. The summed E-state index contributed by atoms with van der Waals surface area (Å²) in [5.41, 5.74) is 7.64. The number of nitrogens with two attached hydrogens (primary N) is 1. The molecule has 0 radical (unpaired) electrons. The van der Waals surface area contributed by atoms with Crippen LogP contribution in [0, 0.1) is 0 Å². The van der Waals surface area contributed by atoms with Crippen LogP contribution in [-0.2, 0) is 6.54 Å². The highest BCUT2D eigenvalue weighted by Crippen LogP contribution is 2.24. The zero-order valence-corrected chi connectivity index (χ0v) is 12.3. The van der Waals surface area contributed by atoms with E-state index in [1.54, 1.807) is 0 Å². The van der Waals surface area contributed by atoms with E-state index >= 15 is 0 Å². The van der Waals surface area contributed by atoms with Crippen LogP contribution in [0.2, 0.25) is 0 Å². The molecular formula is C17H19N3O. The number of hydrogen-bond acceptors (Lipinski definition) is 3. The summed E-state index contributed by atoms with van der Waals surface area (Å²) in [5.74, 6) is 0. The van der Waals surface area contributed by atoms with Crippen molar-refractivity contribution in [1.29, 1.82) is 0 Å². The van der Waals surface area contributed by atoms with Crippen molar-refractivity contribution in [3.05, 3.63) is 52.8 Å². The fraction of sp³-hybridized carbons (Fsp3) is 0.235. The molecule has 3 rings (SSSR count). The number of nitrogens with zero attached hydrogens (tertiary/aromatic N) is 2. The maximum atomic E-state index is 12.8. The summed E-state index contributed by atoms with van der Waals surface area (Å²) < 4.78 is 1.84. The average Bonchev–Trinajstić information content (AvgIpc) is 2.47. The van der Waals surface area contributed by atoms with Crippen LogP contribution in [0.25, 0.3) is 21.7 Å². The van der Waals surface area contributed by atoms with E-state index < -0.39 is 0 Å². The summed E-state index contributed by atoms with van der Waals surface area (Å²) in [7, 11) is 4.01. The number of nitrogen functional groups attached to an aromatic ring is 1. The molecule has 4 nitrogen and oxygen atoms in total. The number of anilines is 1. The molecule has 3 aromatic rings. The van der Waals surface area contributed by atoms with Crippen molar-refractivity contribution in [1.82, 2.24) is 9.47 Å². The molecule has 0 fully saturated rings. The second kappa shape index (κ2) is 5.22. The highest BCUT2D eigenvalue weighted by molar-refractivity contribution is 6.06. The van der Waals surface area contributed by atoms with Gasteiger partial charge in [0.1, 0.15) is 0 Å². The normalized spacial score (nSPS) is 11.6. The zero-order chi connectivity index (χ0) is 15.0. The lowest BCUT2D eigenvalue weighted by Gasteiger charge is -2.16. The third-order valence-electron chi connectivity index (χ3n) is 3.78. The highest BCUT2D eigenvalue weighted by Gasteiger charge is 2.10. The minimum absolute atomic E-state index is 0.0599. The van der Waals surface area contributed by atoms with Gasteiger partial charge in [0, 0.05) is 29.5 Å². The summed E-state index contributed by atoms with van der Waals surface area (Å²) in [6.45, 7) is 1.48. The van der Waals surface area contributed by atoms with Gasteiger partial charge in [-0.05, 0) is 43.7 Å². The fourth-order valence-electron chi connectivity index (χ4n) is 2.69. The van der Waals surface area contributed by atoms with Crippen molar-refractivity contribution < 1.29 is 0 Å². The van der Waals surface area contributed by atoms with Gasteiger partial charge in [0.15, 0.2) is 0 Å². The van der Waals surface area contributed by atoms with E-state index in [0.29, 0.717) is 12.2 Å². The lowest BCUT2D eigenvalue weighted by molar-refractivity contribution is 0.384. The molecule has 108 valence electrons. The van der Waals surface area contributed by atoms with Crippen LogP contribution in [0.5, 0.6) is 0 Å². The molecular weight excluding hydrogens is 262 g/mol. The number of fused-ring (bicyclic) bond motifs is 3. The van der Waals surface area contributed by atoms with E-state index in [4.69, 9.17) is 5.73 Å². The van der Waals surface area contributed by atoms with Gasteiger partial charge in [0.2, 0.25) is 0 Å².